The van der Waals surface area contributed by atoms with Crippen LogP contribution in [0.25, 0.3) is 0 Å². The maximum absolute atomic E-state index is 12.4. The smallest absolute Gasteiger partial charge is 0.319 e. The van der Waals surface area contributed by atoms with Crippen LogP contribution < -0.4 is 15.4 Å². The highest BCUT2D eigenvalue weighted by Crippen LogP contribution is 2.35. The van der Waals surface area contributed by atoms with Crippen molar-refractivity contribution in [1.29, 1.82) is 0 Å². The van der Waals surface area contributed by atoms with Crippen LogP contribution in [0.3, 0.4) is 0 Å². The zero-order chi connectivity index (χ0) is 18.6. The van der Waals surface area contributed by atoms with Crippen molar-refractivity contribution < 1.29 is 9.53 Å². The molecule has 0 aliphatic carbocycles. The maximum Gasteiger partial charge on any atom is 0.319 e. The molecule has 2 unspecified atom stereocenters. The van der Waals surface area contributed by atoms with E-state index in [9.17, 15) is 4.79 Å². The van der Waals surface area contributed by atoms with Crippen molar-refractivity contribution in [2.75, 3.05) is 12.4 Å². The summed E-state index contributed by atoms with van der Waals surface area (Å²) in [6.07, 6.45) is 5.86. The first-order valence-corrected chi connectivity index (χ1v) is 10.6. The number of carbonyl (C=O) groups excluding carboxylic acids is 1. The molecular formula is C21H27N3O2S. The quantitative estimate of drug-likeness (QED) is 0.799. The molecule has 2 atom stereocenters. The molecule has 0 radical (unpaired) electrons. The third-order valence-electron chi connectivity index (χ3n) is 5.73. The molecule has 2 saturated heterocycles. The summed E-state index contributed by atoms with van der Waals surface area (Å²) in [5.74, 6) is 0.784. The minimum absolute atomic E-state index is 0.116. The first-order valence-electron chi connectivity index (χ1n) is 9.71. The van der Waals surface area contributed by atoms with Crippen LogP contribution in [0.2, 0.25) is 0 Å². The van der Waals surface area contributed by atoms with Crippen LogP contribution in [0.1, 0.15) is 37.0 Å². The van der Waals surface area contributed by atoms with Crippen molar-refractivity contribution in [3.05, 3.63) is 46.7 Å². The van der Waals surface area contributed by atoms with E-state index in [1.54, 1.807) is 7.11 Å². The van der Waals surface area contributed by atoms with Gasteiger partial charge in [-0.3, -0.25) is 4.90 Å². The summed E-state index contributed by atoms with van der Waals surface area (Å²) in [7, 11) is 1.64. The number of piperidine rings is 2. The lowest BCUT2D eigenvalue weighted by molar-refractivity contribution is 0.0208. The van der Waals surface area contributed by atoms with Crippen LogP contribution >= 0.6 is 11.3 Å². The Morgan fingerprint density at radius 2 is 1.93 bits per heavy atom. The molecule has 0 saturated carbocycles. The summed E-state index contributed by atoms with van der Waals surface area (Å²) in [4.78, 5) is 16.5. The summed E-state index contributed by atoms with van der Waals surface area (Å²) in [5, 5.41) is 8.29. The summed E-state index contributed by atoms with van der Waals surface area (Å²) >= 11 is 1.84. The second-order valence-electron chi connectivity index (χ2n) is 7.49. The number of carbonyl (C=O) groups is 1. The number of thiophene rings is 1. The number of rotatable bonds is 5. The maximum atomic E-state index is 12.4. The van der Waals surface area contributed by atoms with Crippen molar-refractivity contribution in [2.24, 2.45) is 0 Å². The van der Waals surface area contributed by atoms with Crippen LogP contribution in [0.15, 0.2) is 41.8 Å². The number of hydrogen-bond acceptors (Lipinski definition) is 4. The third-order valence-corrected chi connectivity index (χ3v) is 6.59. The molecule has 0 spiro atoms. The predicted molar refractivity (Wildman–Crippen MR) is 109 cm³/mol. The number of nitrogens with zero attached hydrogens (tertiary/aromatic N) is 1. The number of ether oxygens (including phenoxy) is 1. The van der Waals surface area contributed by atoms with Gasteiger partial charge in [0.25, 0.3) is 0 Å². The van der Waals surface area contributed by atoms with Gasteiger partial charge in [-0.05, 0) is 61.4 Å². The Kier molecular flexibility index (Phi) is 5.64. The molecule has 2 aliphatic rings. The highest BCUT2D eigenvalue weighted by atomic mass is 32.1. The van der Waals surface area contributed by atoms with Crippen LogP contribution in [0.5, 0.6) is 5.75 Å². The number of fused-ring (bicyclic) bond motifs is 2. The van der Waals surface area contributed by atoms with E-state index < -0.39 is 0 Å². The second-order valence-corrected chi connectivity index (χ2v) is 8.52. The van der Waals surface area contributed by atoms with Gasteiger partial charge in [0.1, 0.15) is 5.75 Å². The van der Waals surface area contributed by atoms with E-state index >= 15 is 0 Å². The van der Waals surface area contributed by atoms with Gasteiger partial charge in [-0.2, -0.15) is 0 Å². The number of nitrogens with one attached hydrogen (secondary N) is 2. The average Bonchev–Trinajstić information content (AvgIpc) is 3.16. The fourth-order valence-corrected chi connectivity index (χ4v) is 5.18. The molecule has 6 heteroatoms. The van der Waals surface area contributed by atoms with Gasteiger partial charge in [-0.15, -0.1) is 11.3 Å². The van der Waals surface area contributed by atoms with Gasteiger partial charge in [0.15, 0.2) is 0 Å². The van der Waals surface area contributed by atoms with Crippen LogP contribution in [-0.4, -0.2) is 36.2 Å². The SMILES string of the molecule is COc1ccc(NC(=O)NC2CC3CCCC(C2)N3Cc2cccs2)cc1. The third kappa shape index (κ3) is 4.45. The van der Waals surface area contributed by atoms with Crippen LogP contribution in [0, 0.1) is 0 Å². The molecule has 2 aromatic rings. The molecule has 2 amide bonds. The summed E-state index contributed by atoms with van der Waals surface area (Å²) < 4.78 is 5.15. The van der Waals surface area contributed by atoms with E-state index in [1.165, 1.54) is 24.1 Å². The van der Waals surface area contributed by atoms with Gasteiger partial charge >= 0.3 is 6.03 Å². The minimum Gasteiger partial charge on any atom is -0.497 e. The molecule has 1 aromatic carbocycles. The first kappa shape index (κ1) is 18.3. The summed E-state index contributed by atoms with van der Waals surface area (Å²) in [6, 6.07) is 13.1. The van der Waals surface area contributed by atoms with E-state index in [4.69, 9.17) is 4.74 Å². The Morgan fingerprint density at radius 3 is 2.56 bits per heavy atom. The molecule has 2 aliphatic heterocycles. The average molecular weight is 386 g/mol. The fraction of sp³-hybridized carbons (Fsp3) is 0.476. The van der Waals surface area contributed by atoms with E-state index in [2.05, 4.69) is 33.0 Å². The molecular weight excluding hydrogens is 358 g/mol. The van der Waals surface area contributed by atoms with Crippen molar-refractivity contribution in [1.82, 2.24) is 10.2 Å². The molecule has 4 rings (SSSR count). The molecule has 3 heterocycles. The number of methoxy groups -OCH3 is 1. The Bertz CT molecular complexity index is 733. The van der Waals surface area contributed by atoms with E-state index in [-0.39, 0.29) is 12.1 Å². The largest absolute Gasteiger partial charge is 0.497 e. The van der Waals surface area contributed by atoms with Crippen molar-refractivity contribution >= 4 is 23.1 Å². The number of amides is 2. The predicted octanol–water partition coefficient (Wildman–Crippen LogP) is 4.46. The minimum atomic E-state index is -0.116. The lowest BCUT2D eigenvalue weighted by Crippen LogP contribution is -2.56. The topological polar surface area (TPSA) is 53.6 Å². The van der Waals surface area contributed by atoms with Crippen molar-refractivity contribution in [3.8, 4) is 5.75 Å². The van der Waals surface area contributed by atoms with Gasteiger partial charge in [0, 0.05) is 35.2 Å². The molecule has 2 fully saturated rings. The number of hydrogen-bond donors (Lipinski definition) is 2. The van der Waals surface area contributed by atoms with Crippen LogP contribution in [0.4, 0.5) is 10.5 Å². The lowest BCUT2D eigenvalue weighted by Gasteiger charge is -2.48. The highest BCUT2D eigenvalue weighted by molar-refractivity contribution is 7.09. The molecule has 144 valence electrons. The van der Waals surface area contributed by atoms with Gasteiger partial charge < -0.3 is 15.4 Å². The molecule has 5 nitrogen and oxygen atoms in total. The Hall–Kier alpha value is -2.05. The lowest BCUT2D eigenvalue weighted by atomic mass is 9.81. The standard InChI is InChI=1S/C21H27N3O2S/c1-26-19-9-7-15(8-10-19)22-21(25)23-16-12-17-4-2-5-18(13-16)24(17)14-20-6-3-11-27-20/h3,6-11,16-18H,2,4-5,12-14H2,1H3,(H2,22,23,25). The highest BCUT2D eigenvalue weighted by Gasteiger charge is 2.38. The Balaban J connectivity index is 1.33. The fourth-order valence-electron chi connectivity index (χ4n) is 4.46. The van der Waals surface area contributed by atoms with E-state index in [0.29, 0.717) is 12.1 Å². The Labute approximate surface area is 164 Å². The summed E-state index contributed by atoms with van der Waals surface area (Å²) in [6.45, 7) is 1.05. The van der Waals surface area contributed by atoms with Crippen LogP contribution in [-0.2, 0) is 6.54 Å². The Morgan fingerprint density at radius 1 is 1.19 bits per heavy atom. The number of urea groups is 1. The van der Waals surface area contributed by atoms with Gasteiger partial charge in [-0.1, -0.05) is 12.5 Å². The van der Waals surface area contributed by atoms with E-state index in [0.717, 1.165) is 30.8 Å². The molecule has 27 heavy (non-hydrogen) atoms. The first-order chi connectivity index (χ1) is 13.2. The number of anilines is 1. The molecule has 2 N–H and O–H groups in total. The van der Waals surface area contributed by atoms with Gasteiger partial charge in [0.2, 0.25) is 0 Å². The van der Waals surface area contributed by atoms with Gasteiger partial charge in [-0.25, -0.2) is 4.79 Å². The monoisotopic (exact) mass is 385 g/mol. The van der Waals surface area contributed by atoms with Crippen molar-refractivity contribution in [3.63, 3.8) is 0 Å². The second kappa shape index (κ2) is 8.31. The van der Waals surface area contributed by atoms with Gasteiger partial charge in [0.05, 0.1) is 7.11 Å². The van der Waals surface area contributed by atoms with E-state index in [1.807, 2.05) is 35.6 Å². The number of benzene rings is 1. The zero-order valence-electron chi connectivity index (χ0n) is 15.7. The molecule has 1 aromatic heterocycles. The molecule has 2 bridgehead atoms. The summed E-state index contributed by atoms with van der Waals surface area (Å²) in [5.41, 5.74) is 0.781. The normalized spacial score (nSPS) is 25.0. The zero-order valence-corrected chi connectivity index (χ0v) is 16.5. The van der Waals surface area contributed by atoms with Crippen molar-refractivity contribution in [2.45, 2.75) is 56.8 Å².